The van der Waals surface area contributed by atoms with Crippen LogP contribution in [0.3, 0.4) is 0 Å². The third-order valence-corrected chi connectivity index (χ3v) is 5.23. The zero-order valence-corrected chi connectivity index (χ0v) is 16.9. The number of aromatic nitrogens is 5. The number of amides is 1. The Morgan fingerprint density at radius 1 is 1.14 bits per heavy atom. The molecule has 7 heteroatoms. The van der Waals surface area contributed by atoms with Gasteiger partial charge in [-0.15, -0.1) is 0 Å². The van der Waals surface area contributed by atoms with Gasteiger partial charge in [-0.2, -0.15) is 10.2 Å². The highest BCUT2D eigenvalue weighted by Gasteiger charge is 2.12. The molecule has 29 heavy (non-hydrogen) atoms. The summed E-state index contributed by atoms with van der Waals surface area (Å²) in [7, 11) is 1.93. The number of rotatable bonds is 6. The van der Waals surface area contributed by atoms with Gasteiger partial charge in [0.1, 0.15) is 0 Å². The number of nitrogens with one attached hydrogen (secondary N) is 1. The molecule has 0 atom stereocenters. The number of fused-ring (bicyclic) bond motifs is 1. The lowest BCUT2D eigenvalue weighted by Gasteiger charge is -2.07. The molecular weight excluding hydrogens is 364 g/mol. The molecule has 0 bridgehead atoms. The minimum Gasteiger partial charge on any atom is -0.352 e. The number of pyridine rings is 1. The molecule has 0 aliphatic heterocycles. The summed E-state index contributed by atoms with van der Waals surface area (Å²) in [6.07, 6.45) is 4.12. The van der Waals surface area contributed by atoms with Gasteiger partial charge < -0.3 is 5.32 Å². The van der Waals surface area contributed by atoms with Crippen molar-refractivity contribution in [2.75, 3.05) is 6.54 Å². The Hall–Kier alpha value is -3.48. The van der Waals surface area contributed by atoms with Crippen LogP contribution in [-0.2, 0) is 20.0 Å². The smallest absolute Gasteiger partial charge is 0.252 e. The molecule has 7 nitrogen and oxygen atoms in total. The highest BCUT2D eigenvalue weighted by Crippen LogP contribution is 2.15. The van der Waals surface area contributed by atoms with E-state index in [1.54, 1.807) is 12.4 Å². The fourth-order valence-electron chi connectivity index (χ4n) is 3.55. The second kappa shape index (κ2) is 7.87. The third-order valence-electron chi connectivity index (χ3n) is 5.23. The van der Waals surface area contributed by atoms with Crippen molar-refractivity contribution in [2.45, 2.75) is 26.8 Å². The fourth-order valence-corrected chi connectivity index (χ4v) is 3.55. The van der Waals surface area contributed by atoms with Gasteiger partial charge in [0.25, 0.3) is 5.91 Å². The average molecular weight is 388 g/mol. The maximum absolute atomic E-state index is 12.6. The summed E-state index contributed by atoms with van der Waals surface area (Å²) in [5, 5.41) is 12.7. The molecule has 0 spiro atoms. The van der Waals surface area contributed by atoms with Crippen LogP contribution in [0.15, 0.2) is 48.8 Å². The molecule has 1 amide bonds. The van der Waals surface area contributed by atoms with Crippen molar-refractivity contribution in [3.63, 3.8) is 0 Å². The highest BCUT2D eigenvalue weighted by atomic mass is 16.1. The summed E-state index contributed by atoms with van der Waals surface area (Å²) >= 11 is 0. The molecular formula is C22H24N6O. The van der Waals surface area contributed by atoms with E-state index in [4.69, 9.17) is 0 Å². The van der Waals surface area contributed by atoms with Gasteiger partial charge in [0, 0.05) is 30.9 Å². The van der Waals surface area contributed by atoms with E-state index in [0.29, 0.717) is 18.7 Å². The first kappa shape index (κ1) is 18.9. The Kier molecular flexibility index (Phi) is 5.12. The van der Waals surface area contributed by atoms with Gasteiger partial charge in [-0.05, 0) is 37.5 Å². The molecule has 4 rings (SSSR count). The van der Waals surface area contributed by atoms with Gasteiger partial charge >= 0.3 is 0 Å². The van der Waals surface area contributed by atoms with Gasteiger partial charge in [-0.3, -0.25) is 9.48 Å². The standard InChI is InChI=1S/C22H24N6O/c1-15-20(16(2)27(3)26-15)9-10-23-22(29)19-11-18-13-25-28(21(18)24-12-19)14-17-7-5-4-6-8-17/h4-8,11-13H,9-10,14H2,1-3H3,(H,23,29). The summed E-state index contributed by atoms with van der Waals surface area (Å²) in [5.41, 5.74) is 5.79. The van der Waals surface area contributed by atoms with Crippen LogP contribution < -0.4 is 5.32 Å². The van der Waals surface area contributed by atoms with Gasteiger partial charge in [0.15, 0.2) is 5.65 Å². The van der Waals surface area contributed by atoms with Crippen LogP contribution in [0.1, 0.15) is 32.9 Å². The third kappa shape index (κ3) is 3.89. The van der Waals surface area contributed by atoms with Crippen molar-refractivity contribution in [3.8, 4) is 0 Å². The second-order valence-electron chi connectivity index (χ2n) is 7.20. The maximum Gasteiger partial charge on any atom is 0.252 e. The van der Waals surface area contributed by atoms with E-state index in [1.165, 1.54) is 5.56 Å². The lowest BCUT2D eigenvalue weighted by molar-refractivity contribution is 0.0954. The van der Waals surface area contributed by atoms with Crippen molar-refractivity contribution >= 4 is 16.9 Å². The quantitative estimate of drug-likeness (QED) is 0.551. The maximum atomic E-state index is 12.6. The van der Waals surface area contributed by atoms with Crippen LogP contribution >= 0.6 is 0 Å². The predicted octanol–water partition coefficient (Wildman–Crippen LogP) is 2.80. The van der Waals surface area contributed by atoms with Gasteiger partial charge in [-0.25, -0.2) is 9.67 Å². The van der Waals surface area contributed by atoms with Crippen LogP contribution in [0.2, 0.25) is 0 Å². The SMILES string of the molecule is Cc1nn(C)c(C)c1CCNC(=O)c1cnc2c(cnn2Cc2ccccc2)c1. The Balaban J connectivity index is 1.43. The molecule has 0 fully saturated rings. The predicted molar refractivity (Wildman–Crippen MR) is 112 cm³/mol. The van der Waals surface area contributed by atoms with Crippen molar-refractivity contribution in [1.82, 2.24) is 29.9 Å². The number of aryl methyl sites for hydroxylation is 2. The number of hydrogen-bond acceptors (Lipinski definition) is 4. The molecule has 148 valence electrons. The molecule has 1 aromatic carbocycles. The van der Waals surface area contributed by atoms with E-state index in [1.807, 2.05) is 54.5 Å². The zero-order chi connectivity index (χ0) is 20.4. The van der Waals surface area contributed by atoms with Gasteiger partial charge in [-0.1, -0.05) is 30.3 Å². The van der Waals surface area contributed by atoms with E-state index >= 15 is 0 Å². The normalized spacial score (nSPS) is 11.1. The first-order valence-electron chi connectivity index (χ1n) is 9.65. The molecule has 0 aliphatic carbocycles. The van der Waals surface area contributed by atoms with E-state index in [-0.39, 0.29) is 5.91 Å². The number of benzene rings is 1. The molecule has 0 aliphatic rings. The van der Waals surface area contributed by atoms with Crippen molar-refractivity contribution in [2.24, 2.45) is 7.05 Å². The van der Waals surface area contributed by atoms with Crippen molar-refractivity contribution in [1.29, 1.82) is 0 Å². The highest BCUT2D eigenvalue weighted by molar-refractivity contribution is 5.96. The van der Waals surface area contributed by atoms with Crippen LogP contribution in [0, 0.1) is 13.8 Å². The molecule has 4 aromatic rings. The number of nitrogens with zero attached hydrogens (tertiary/aromatic N) is 5. The zero-order valence-electron chi connectivity index (χ0n) is 16.9. The minimum absolute atomic E-state index is 0.130. The second-order valence-corrected chi connectivity index (χ2v) is 7.20. The summed E-state index contributed by atoms with van der Waals surface area (Å²) < 4.78 is 3.72. The van der Waals surface area contributed by atoms with E-state index < -0.39 is 0 Å². The Morgan fingerprint density at radius 3 is 2.66 bits per heavy atom. The molecule has 1 N–H and O–H groups in total. The molecule has 0 radical (unpaired) electrons. The van der Waals surface area contributed by atoms with Gasteiger partial charge in [0.2, 0.25) is 0 Å². The van der Waals surface area contributed by atoms with E-state index in [2.05, 4.69) is 32.6 Å². The Labute approximate surface area is 169 Å². The lowest BCUT2D eigenvalue weighted by Crippen LogP contribution is -2.26. The first-order chi connectivity index (χ1) is 14.0. The molecule has 3 aromatic heterocycles. The lowest BCUT2D eigenvalue weighted by atomic mass is 10.1. The largest absolute Gasteiger partial charge is 0.352 e. The summed E-state index contributed by atoms with van der Waals surface area (Å²) in [6.45, 7) is 5.24. The summed E-state index contributed by atoms with van der Waals surface area (Å²) in [5.74, 6) is -0.130. The minimum atomic E-state index is -0.130. The number of hydrogen-bond donors (Lipinski definition) is 1. The monoisotopic (exact) mass is 388 g/mol. The fraction of sp³-hybridized carbons (Fsp3) is 0.273. The van der Waals surface area contributed by atoms with Crippen LogP contribution in [-0.4, -0.2) is 37.0 Å². The molecule has 0 unspecified atom stereocenters. The van der Waals surface area contributed by atoms with Crippen LogP contribution in [0.4, 0.5) is 0 Å². The van der Waals surface area contributed by atoms with Gasteiger partial charge in [0.05, 0.1) is 24.0 Å². The van der Waals surface area contributed by atoms with Crippen LogP contribution in [0.25, 0.3) is 11.0 Å². The molecule has 3 heterocycles. The Bertz CT molecular complexity index is 1160. The molecule has 0 saturated heterocycles. The molecule has 0 saturated carbocycles. The summed E-state index contributed by atoms with van der Waals surface area (Å²) in [4.78, 5) is 17.0. The van der Waals surface area contributed by atoms with Crippen molar-refractivity contribution < 1.29 is 4.79 Å². The first-order valence-corrected chi connectivity index (χ1v) is 9.65. The number of carbonyl (C=O) groups excluding carboxylic acids is 1. The summed E-state index contributed by atoms with van der Waals surface area (Å²) in [6, 6.07) is 12.0. The average Bonchev–Trinajstić information content (AvgIpc) is 3.23. The van der Waals surface area contributed by atoms with Crippen LogP contribution in [0.5, 0.6) is 0 Å². The number of carbonyl (C=O) groups is 1. The van der Waals surface area contributed by atoms with E-state index in [0.717, 1.165) is 34.4 Å². The van der Waals surface area contributed by atoms with Crippen molar-refractivity contribution in [3.05, 3.63) is 76.9 Å². The Morgan fingerprint density at radius 2 is 1.93 bits per heavy atom. The topological polar surface area (TPSA) is 77.6 Å². The van der Waals surface area contributed by atoms with E-state index in [9.17, 15) is 4.79 Å².